The molecule has 0 aromatic carbocycles. The predicted molar refractivity (Wildman–Crippen MR) is 70.9 cm³/mol. The van der Waals surface area contributed by atoms with Gasteiger partial charge in [-0.1, -0.05) is 29.3 Å². The molecule has 16 heavy (non-hydrogen) atoms. The Labute approximate surface area is 107 Å². The molecular formula is C12H23BrN2O. The minimum absolute atomic E-state index is 0.0407. The van der Waals surface area contributed by atoms with Crippen LogP contribution in [0.2, 0.25) is 0 Å². The number of carbonyl (C=O) groups excluding carboxylic acids is 1. The molecule has 1 rings (SSSR count). The quantitative estimate of drug-likeness (QED) is 0.787. The van der Waals surface area contributed by atoms with Crippen LogP contribution in [0.25, 0.3) is 0 Å². The van der Waals surface area contributed by atoms with Crippen LogP contribution in [-0.2, 0) is 4.79 Å². The smallest absolute Gasteiger partial charge is 0.233 e. The second kappa shape index (κ2) is 7.28. The number of carbonyl (C=O) groups is 1. The molecule has 1 aliphatic rings. The average molecular weight is 291 g/mol. The summed E-state index contributed by atoms with van der Waals surface area (Å²) in [4.78, 5) is 14.0. The zero-order valence-corrected chi connectivity index (χ0v) is 11.9. The highest BCUT2D eigenvalue weighted by Gasteiger charge is 2.18. The molecule has 2 atom stereocenters. The summed E-state index contributed by atoms with van der Waals surface area (Å²) < 4.78 is 0. The van der Waals surface area contributed by atoms with E-state index in [9.17, 15) is 4.79 Å². The number of likely N-dealkylation sites (tertiary alicyclic amines) is 1. The minimum atomic E-state index is -0.0407. The summed E-state index contributed by atoms with van der Waals surface area (Å²) in [6, 6.07) is 0.459. The zero-order valence-electron chi connectivity index (χ0n) is 10.3. The third-order valence-corrected chi connectivity index (χ3v) is 4.29. The normalized spacial score (nSPS) is 21.4. The van der Waals surface area contributed by atoms with Gasteiger partial charge in [0, 0.05) is 12.6 Å². The third kappa shape index (κ3) is 4.42. The summed E-state index contributed by atoms with van der Waals surface area (Å²) in [6.07, 6.45) is 4.79. The van der Waals surface area contributed by atoms with Gasteiger partial charge in [0.05, 0.1) is 4.83 Å². The Bertz CT molecular complexity index is 217. The van der Waals surface area contributed by atoms with Crippen LogP contribution in [0.5, 0.6) is 0 Å². The SMILES string of the molecule is CCC(Br)C(=O)NCC(C)N1CCCCC1. The van der Waals surface area contributed by atoms with Crippen LogP contribution in [0.3, 0.4) is 0 Å². The molecule has 1 N–H and O–H groups in total. The van der Waals surface area contributed by atoms with Crippen LogP contribution in [-0.4, -0.2) is 41.3 Å². The van der Waals surface area contributed by atoms with Crippen molar-refractivity contribution < 1.29 is 4.79 Å². The number of alkyl halides is 1. The average Bonchev–Trinajstić information content (AvgIpc) is 2.35. The first-order valence-corrected chi connectivity index (χ1v) is 7.22. The van der Waals surface area contributed by atoms with E-state index in [0.717, 1.165) is 13.0 Å². The van der Waals surface area contributed by atoms with Gasteiger partial charge >= 0.3 is 0 Å². The highest BCUT2D eigenvalue weighted by molar-refractivity contribution is 9.10. The molecule has 3 nitrogen and oxygen atoms in total. The van der Waals surface area contributed by atoms with Crippen molar-refractivity contribution >= 4 is 21.8 Å². The fourth-order valence-electron chi connectivity index (χ4n) is 2.03. The molecule has 0 radical (unpaired) electrons. The van der Waals surface area contributed by atoms with E-state index in [1.54, 1.807) is 0 Å². The lowest BCUT2D eigenvalue weighted by atomic mass is 10.1. The predicted octanol–water partition coefficient (Wildman–Crippen LogP) is 2.15. The maximum Gasteiger partial charge on any atom is 0.233 e. The monoisotopic (exact) mass is 290 g/mol. The van der Waals surface area contributed by atoms with Crippen LogP contribution in [0.1, 0.15) is 39.5 Å². The first kappa shape index (κ1) is 14.0. The number of hydrogen-bond acceptors (Lipinski definition) is 2. The molecule has 0 aliphatic carbocycles. The zero-order chi connectivity index (χ0) is 12.0. The van der Waals surface area contributed by atoms with E-state index < -0.39 is 0 Å². The number of nitrogens with one attached hydrogen (secondary N) is 1. The van der Waals surface area contributed by atoms with Crippen molar-refractivity contribution in [3.8, 4) is 0 Å². The van der Waals surface area contributed by atoms with Crippen LogP contribution in [0.15, 0.2) is 0 Å². The third-order valence-electron chi connectivity index (χ3n) is 3.23. The second-order valence-electron chi connectivity index (χ2n) is 4.57. The van der Waals surface area contributed by atoms with Gasteiger partial charge < -0.3 is 5.32 Å². The van der Waals surface area contributed by atoms with Crippen molar-refractivity contribution in [1.29, 1.82) is 0 Å². The van der Waals surface area contributed by atoms with Crippen molar-refractivity contribution in [2.75, 3.05) is 19.6 Å². The molecule has 0 aromatic rings. The number of amides is 1. The number of piperidine rings is 1. The van der Waals surface area contributed by atoms with E-state index in [1.165, 1.54) is 32.4 Å². The molecule has 1 heterocycles. The van der Waals surface area contributed by atoms with Gasteiger partial charge in [-0.15, -0.1) is 0 Å². The Morgan fingerprint density at radius 3 is 2.56 bits per heavy atom. The molecule has 1 fully saturated rings. The fourth-order valence-corrected chi connectivity index (χ4v) is 2.19. The molecule has 0 spiro atoms. The second-order valence-corrected chi connectivity index (χ2v) is 5.67. The number of halogens is 1. The van der Waals surface area contributed by atoms with E-state index in [2.05, 4.69) is 33.1 Å². The first-order chi connectivity index (χ1) is 7.65. The lowest BCUT2D eigenvalue weighted by Gasteiger charge is -2.32. The molecule has 1 amide bonds. The lowest BCUT2D eigenvalue weighted by Crippen LogP contribution is -2.45. The van der Waals surface area contributed by atoms with Crippen molar-refractivity contribution in [3.63, 3.8) is 0 Å². The van der Waals surface area contributed by atoms with Gasteiger partial charge in [-0.25, -0.2) is 0 Å². The summed E-state index contributed by atoms with van der Waals surface area (Å²) in [5, 5.41) is 3.00. The van der Waals surface area contributed by atoms with E-state index >= 15 is 0 Å². The van der Waals surface area contributed by atoms with Crippen LogP contribution in [0, 0.1) is 0 Å². The van der Waals surface area contributed by atoms with Gasteiger partial charge in [0.25, 0.3) is 0 Å². The molecule has 1 saturated heterocycles. The van der Waals surface area contributed by atoms with Gasteiger partial charge in [0.1, 0.15) is 0 Å². The van der Waals surface area contributed by atoms with Crippen molar-refractivity contribution in [3.05, 3.63) is 0 Å². The molecule has 0 saturated carbocycles. The molecule has 0 aromatic heterocycles. The molecule has 94 valence electrons. The summed E-state index contributed by atoms with van der Waals surface area (Å²) in [5.41, 5.74) is 0. The number of hydrogen-bond donors (Lipinski definition) is 1. The lowest BCUT2D eigenvalue weighted by molar-refractivity contribution is -0.120. The molecule has 0 bridgehead atoms. The highest BCUT2D eigenvalue weighted by atomic mass is 79.9. The summed E-state index contributed by atoms with van der Waals surface area (Å²) in [7, 11) is 0. The van der Waals surface area contributed by atoms with Crippen LogP contribution in [0.4, 0.5) is 0 Å². The Morgan fingerprint density at radius 1 is 1.38 bits per heavy atom. The fraction of sp³-hybridized carbons (Fsp3) is 0.917. The Balaban J connectivity index is 2.23. The molecule has 4 heteroatoms. The maximum atomic E-state index is 11.6. The Kier molecular flexibility index (Phi) is 6.36. The topological polar surface area (TPSA) is 32.3 Å². The summed E-state index contributed by atoms with van der Waals surface area (Å²) in [5.74, 6) is 0.117. The van der Waals surface area contributed by atoms with E-state index in [0.29, 0.717) is 6.04 Å². The number of nitrogens with zero attached hydrogens (tertiary/aromatic N) is 1. The Morgan fingerprint density at radius 2 is 2.00 bits per heavy atom. The standard InChI is InChI=1S/C12H23BrN2O/c1-3-11(13)12(16)14-9-10(2)15-7-5-4-6-8-15/h10-11H,3-9H2,1-2H3,(H,14,16). The largest absolute Gasteiger partial charge is 0.354 e. The number of rotatable bonds is 5. The van der Waals surface area contributed by atoms with Crippen LogP contribution >= 0.6 is 15.9 Å². The van der Waals surface area contributed by atoms with Crippen molar-refractivity contribution in [2.24, 2.45) is 0 Å². The van der Waals surface area contributed by atoms with E-state index in [-0.39, 0.29) is 10.7 Å². The van der Waals surface area contributed by atoms with Gasteiger partial charge in [0.15, 0.2) is 0 Å². The van der Waals surface area contributed by atoms with Gasteiger partial charge in [-0.3, -0.25) is 9.69 Å². The van der Waals surface area contributed by atoms with Crippen LogP contribution < -0.4 is 5.32 Å². The minimum Gasteiger partial charge on any atom is -0.354 e. The van der Waals surface area contributed by atoms with Crippen molar-refractivity contribution in [1.82, 2.24) is 10.2 Å². The van der Waals surface area contributed by atoms with Crippen molar-refractivity contribution in [2.45, 2.75) is 50.4 Å². The molecule has 2 unspecified atom stereocenters. The first-order valence-electron chi connectivity index (χ1n) is 6.31. The van der Waals surface area contributed by atoms with E-state index in [4.69, 9.17) is 0 Å². The summed E-state index contributed by atoms with van der Waals surface area (Å²) in [6.45, 7) is 7.33. The van der Waals surface area contributed by atoms with Gasteiger partial charge in [-0.05, 0) is 39.3 Å². The van der Waals surface area contributed by atoms with Gasteiger partial charge in [0.2, 0.25) is 5.91 Å². The van der Waals surface area contributed by atoms with Gasteiger partial charge in [-0.2, -0.15) is 0 Å². The highest BCUT2D eigenvalue weighted by Crippen LogP contribution is 2.11. The van der Waals surface area contributed by atoms with E-state index in [1.807, 2.05) is 6.92 Å². The molecule has 1 aliphatic heterocycles. The maximum absolute atomic E-state index is 11.6. The summed E-state index contributed by atoms with van der Waals surface area (Å²) >= 11 is 3.36. The molecular weight excluding hydrogens is 268 g/mol. The Hall–Kier alpha value is -0.0900.